The van der Waals surface area contributed by atoms with E-state index in [-0.39, 0.29) is 0 Å². The smallest absolute Gasteiger partial charge is 0.249 e. The van der Waals surface area contributed by atoms with E-state index in [1.807, 2.05) is 0 Å². The Morgan fingerprint density at radius 1 is 0.457 bits per heavy atom. The second-order valence-electron chi connectivity index (χ2n) is 14.3. The number of carbonyl (C=O) groups excluding carboxylic acids is 1. The first-order chi connectivity index (χ1) is 22.5. The summed E-state index contributed by atoms with van der Waals surface area (Å²) in [5.74, 6) is -0.582. The minimum absolute atomic E-state index is 0.375. The minimum Gasteiger partial charge on any atom is -0.394 e. The standard InChI is InChI=1S/C40H81NO5/c1-3-5-7-9-11-13-14-15-16-17-18-19-20-21-22-23-24-26-28-30-32-34-38(44)40(46)41-36(35-42)39(45)37(43)33-31-29-27-25-12-10-8-6-4-2/h36-39,42-45H,3-35H2,1-2H3,(H,41,46). The third kappa shape index (κ3) is 29.4. The van der Waals surface area contributed by atoms with E-state index in [1.54, 1.807) is 0 Å². The van der Waals surface area contributed by atoms with Crippen LogP contribution in [0.3, 0.4) is 0 Å². The van der Waals surface area contributed by atoms with Gasteiger partial charge in [-0.25, -0.2) is 0 Å². The van der Waals surface area contributed by atoms with Crippen LogP contribution in [0.25, 0.3) is 0 Å². The van der Waals surface area contributed by atoms with Crippen LogP contribution in [0.1, 0.15) is 219 Å². The van der Waals surface area contributed by atoms with Crippen LogP contribution in [0.2, 0.25) is 0 Å². The highest BCUT2D eigenvalue weighted by Crippen LogP contribution is 2.17. The van der Waals surface area contributed by atoms with Crippen LogP contribution in [0.4, 0.5) is 0 Å². The van der Waals surface area contributed by atoms with Crippen molar-refractivity contribution in [3.63, 3.8) is 0 Å². The quantitative estimate of drug-likeness (QED) is 0.0428. The van der Waals surface area contributed by atoms with Crippen LogP contribution >= 0.6 is 0 Å². The molecular formula is C40H81NO5. The molecule has 0 aliphatic carbocycles. The van der Waals surface area contributed by atoms with Gasteiger partial charge in [0.2, 0.25) is 5.91 Å². The second-order valence-corrected chi connectivity index (χ2v) is 14.3. The largest absolute Gasteiger partial charge is 0.394 e. The van der Waals surface area contributed by atoms with Gasteiger partial charge in [-0.3, -0.25) is 4.79 Å². The molecule has 0 heterocycles. The van der Waals surface area contributed by atoms with E-state index >= 15 is 0 Å². The van der Waals surface area contributed by atoms with Gasteiger partial charge in [-0.15, -0.1) is 0 Å². The lowest BCUT2D eigenvalue weighted by atomic mass is 9.99. The SMILES string of the molecule is CCCCCCCCCCCCCCCCCCCCCCCC(O)C(=O)NC(CO)C(O)C(O)CCCCCCCCCCC. The zero-order valence-electron chi connectivity index (χ0n) is 30.8. The molecule has 0 spiro atoms. The predicted molar refractivity (Wildman–Crippen MR) is 196 cm³/mol. The number of hydrogen-bond donors (Lipinski definition) is 5. The number of hydrogen-bond acceptors (Lipinski definition) is 5. The van der Waals surface area contributed by atoms with Gasteiger partial charge in [0, 0.05) is 0 Å². The molecule has 5 N–H and O–H groups in total. The van der Waals surface area contributed by atoms with E-state index in [1.165, 1.54) is 154 Å². The van der Waals surface area contributed by atoms with E-state index in [9.17, 15) is 25.2 Å². The van der Waals surface area contributed by atoms with E-state index < -0.39 is 36.9 Å². The molecule has 0 fully saturated rings. The molecule has 0 aromatic carbocycles. The summed E-state index contributed by atoms with van der Waals surface area (Å²) >= 11 is 0. The van der Waals surface area contributed by atoms with Crippen molar-refractivity contribution in [2.45, 2.75) is 244 Å². The first kappa shape index (κ1) is 45.3. The number of aliphatic hydroxyl groups excluding tert-OH is 4. The third-order valence-electron chi connectivity index (χ3n) is 9.82. The summed E-state index contributed by atoms with van der Waals surface area (Å²) in [5.41, 5.74) is 0. The average molecular weight is 656 g/mol. The molecular weight excluding hydrogens is 574 g/mol. The zero-order valence-corrected chi connectivity index (χ0v) is 30.8. The molecule has 46 heavy (non-hydrogen) atoms. The molecule has 0 bridgehead atoms. The molecule has 1 amide bonds. The molecule has 276 valence electrons. The molecule has 0 radical (unpaired) electrons. The van der Waals surface area contributed by atoms with Gasteiger partial charge in [0.15, 0.2) is 0 Å². The summed E-state index contributed by atoms with van der Waals surface area (Å²) in [6.07, 6.45) is 35.7. The van der Waals surface area contributed by atoms with Gasteiger partial charge in [0.05, 0.1) is 18.8 Å². The molecule has 0 aliphatic heterocycles. The highest BCUT2D eigenvalue weighted by Gasteiger charge is 2.28. The van der Waals surface area contributed by atoms with Gasteiger partial charge in [-0.1, -0.05) is 206 Å². The van der Waals surface area contributed by atoms with Gasteiger partial charge in [0.25, 0.3) is 0 Å². The van der Waals surface area contributed by atoms with Crippen LogP contribution in [-0.2, 0) is 4.79 Å². The first-order valence-electron chi connectivity index (χ1n) is 20.4. The van der Waals surface area contributed by atoms with Gasteiger partial charge in [-0.2, -0.15) is 0 Å². The number of carbonyl (C=O) groups is 1. The van der Waals surface area contributed by atoms with Crippen LogP contribution in [0.15, 0.2) is 0 Å². The van der Waals surface area contributed by atoms with Crippen LogP contribution < -0.4 is 5.32 Å². The summed E-state index contributed by atoms with van der Waals surface area (Å²) in [5, 5.41) is 43.4. The Morgan fingerprint density at radius 3 is 1.04 bits per heavy atom. The van der Waals surface area contributed by atoms with E-state index in [2.05, 4.69) is 19.2 Å². The number of unbranched alkanes of at least 4 members (excludes halogenated alkanes) is 28. The summed E-state index contributed by atoms with van der Waals surface area (Å²) < 4.78 is 0. The second kappa shape index (κ2) is 35.6. The fraction of sp³-hybridized carbons (Fsp3) is 0.975. The Kier molecular flexibility index (Phi) is 35.1. The first-order valence-corrected chi connectivity index (χ1v) is 20.4. The highest BCUT2D eigenvalue weighted by molar-refractivity contribution is 5.80. The van der Waals surface area contributed by atoms with Gasteiger partial charge in [-0.05, 0) is 12.8 Å². The van der Waals surface area contributed by atoms with Crippen molar-refractivity contribution in [2.24, 2.45) is 0 Å². The maximum atomic E-state index is 12.4. The normalized spacial score (nSPS) is 14.3. The number of nitrogens with one attached hydrogen (secondary N) is 1. The molecule has 0 saturated carbocycles. The topological polar surface area (TPSA) is 110 Å². The van der Waals surface area contributed by atoms with E-state index in [4.69, 9.17) is 0 Å². The number of amides is 1. The Bertz CT molecular complexity index is 618. The van der Waals surface area contributed by atoms with Gasteiger partial charge < -0.3 is 25.7 Å². The lowest BCUT2D eigenvalue weighted by Gasteiger charge is -2.27. The summed E-state index contributed by atoms with van der Waals surface area (Å²) in [4.78, 5) is 12.4. The summed E-state index contributed by atoms with van der Waals surface area (Å²) in [6, 6.07) is -0.976. The Hall–Kier alpha value is -0.690. The van der Waals surface area contributed by atoms with Crippen molar-refractivity contribution in [2.75, 3.05) is 6.61 Å². The zero-order chi connectivity index (χ0) is 33.9. The molecule has 4 unspecified atom stereocenters. The molecule has 0 aromatic rings. The van der Waals surface area contributed by atoms with Crippen LogP contribution in [-0.4, -0.2) is 57.3 Å². The lowest BCUT2D eigenvalue weighted by Crippen LogP contribution is -2.53. The number of aliphatic hydroxyl groups is 4. The van der Waals surface area contributed by atoms with Crippen molar-refractivity contribution >= 4 is 5.91 Å². The molecule has 0 saturated heterocycles. The molecule has 0 aromatic heterocycles. The fourth-order valence-corrected chi connectivity index (χ4v) is 6.52. The number of rotatable bonds is 37. The molecule has 0 rings (SSSR count). The minimum atomic E-state index is -1.25. The average Bonchev–Trinajstić information content (AvgIpc) is 3.06. The maximum absolute atomic E-state index is 12.4. The molecule has 6 heteroatoms. The predicted octanol–water partition coefficient (Wildman–Crippen LogP) is 10.1. The maximum Gasteiger partial charge on any atom is 0.249 e. The lowest BCUT2D eigenvalue weighted by molar-refractivity contribution is -0.132. The summed E-state index contributed by atoms with van der Waals surface area (Å²) in [6.45, 7) is 4.02. The van der Waals surface area contributed by atoms with Crippen molar-refractivity contribution in [1.29, 1.82) is 0 Å². The third-order valence-corrected chi connectivity index (χ3v) is 9.82. The van der Waals surface area contributed by atoms with Crippen molar-refractivity contribution in [3.05, 3.63) is 0 Å². The van der Waals surface area contributed by atoms with Gasteiger partial charge >= 0.3 is 0 Å². The van der Waals surface area contributed by atoms with Gasteiger partial charge in [0.1, 0.15) is 12.2 Å². The molecule has 4 atom stereocenters. The van der Waals surface area contributed by atoms with Crippen LogP contribution in [0.5, 0.6) is 0 Å². The van der Waals surface area contributed by atoms with Crippen molar-refractivity contribution in [1.82, 2.24) is 5.32 Å². The Morgan fingerprint density at radius 2 is 0.739 bits per heavy atom. The van der Waals surface area contributed by atoms with E-state index in [0.29, 0.717) is 12.8 Å². The fourth-order valence-electron chi connectivity index (χ4n) is 6.52. The van der Waals surface area contributed by atoms with E-state index in [0.717, 1.165) is 38.5 Å². The molecule has 6 nitrogen and oxygen atoms in total. The monoisotopic (exact) mass is 656 g/mol. The highest BCUT2D eigenvalue weighted by atomic mass is 16.3. The van der Waals surface area contributed by atoms with Crippen molar-refractivity contribution < 1.29 is 25.2 Å². The molecule has 0 aliphatic rings. The Labute approximate surface area is 286 Å². The van der Waals surface area contributed by atoms with Crippen molar-refractivity contribution in [3.8, 4) is 0 Å². The summed E-state index contributed by atoms with van der Waals surface area (Å²) in [7, 11) is 0. The Balaban J connectivity index is 3.65. The van der Waals surface area contributed by atoms with Crippen LogP contribution in [0, 0.1) is 0 Å².